The first-order chi connectivity index (χ1) is 12.4. The third-order valence-electron chi connectivity index (χ3n) is 4.89. The van der Waals surface area contributed by atoms with Gasteiger partial charge in [0.15, 0.2) is 5.96 Å². The fourth-order valence-corrected chi connectivity index (χ4v) is 3.43. The van der Waals surface area contributed by atoms with Crippen molar-refractivity contribution < 1.29 is 9.15 Å². The third kappa shape index (κ3) is 6.71. The van der Waals surface area contributed by atoms with Gasteiger partial charge < -0.3 is 24.7 Å². The Hall–Kier alpha value is -1.53. The summed E-state index contributed by atoms with van der Waals surface area (Å²) < 4.78 is 11.1. The van der Waals surface area contributed by atoms with Crippen LogP contribution in [0.25, 0.3) is 0 Å². The highest BCUT2D eigenvalue weighted by atomic mass is 16.5. The van der Waals surface area contributed by atoms with E-state index in [4.69, 9.17) is 14.1 Å². The summed E-state index contributed by atoms with van der Waals surface area (Å²) in [5.41, 5.74) is 0. The number of nitrogens with one attached hydrogen (secondary N) is 2. The molecule has 140 valence electrons. The van der Waals surface area contributed by atoms with E-state index in [0.29, 0.717) is 0 Å². The lowest BCUT2D eigenvalue weighted by Gasteiger charge is -2.26. The second-order valence-corrected chi connectivity index (χ2v) is 6.91. The predicted molar refractivity (Wildman–Crippen MR) is 100.0 cm³/mol. The van der Waals surface area contributed by atoms with Crippen LogP contribution in [-0.2, 0) is 11.2 Å². The van der Waals surface area contributed by atoms with E-state index >= 15 is 0 Å². The minimum absolute atomic E-state index is 0.283. The van der Waals surface area contributed by atoms with Gasteiger partial charge in [0.1, 0.15) is 5.76 Å². The van der Waals surface area contributed by atoms with Gasteiger partial charge in [0, 0.05) is 32.7 Å². The molecular weight excluding hydrogens is 316 g/mol. The first-order valence-corrected chi connectivity index (χ1v) is 9.79. The van der Waals surface area contributed by atoms with Gasteiger partial charge in [-0.2, -0.15) is 0 Å². The highest BCUT2D eigenvalue weighted by molar-refractivity contribution is 5.79. The lowest BCUT2D eigenvalue weighted by molar-refractivity contribution is 0.117. The molecule has 0 amide bonds. The van der Waals surface area contributed by atoms with E-state index in [-0.39, 0.29) is 6.10 Å². The van der Waals surface area contributed by atoms with Crippen LogP contribution in [0.1, 0.15) is 37.9 Å². The molecular formula is C19H32N4O2. The maximum Gasteiger partial charge on any atom is 0.191 e. The Morgan fingerprint density at radius 2 is 2.04 bits per heavy atom. The molecule has 1 atom stereocenters. The average Bonchev–Trinajstić information content (AvgIpc) is 3.34. The van der Waals surface area contributed by atoms with E-state index in [2.05, 4.69) is 15.5 Å². The molecule has 2 aliphatic rings. The van der Waals surface area contributed by atoms with Crippen LogP contribution in [0.5, 0.6) is 0 Å². The quantitative estimate of drug-likeness (QED) is 0.556. The number of nitrogens with zero attached hydrogens (tertiary/aromatic N) is 2. The van der Waals surface area contributed by atoms with Crippen molar-refractivity contribution in [3.8, 4) is 0 Å². The van der Waals surface area contributed by atoms with E-state index in [1.54, 1.807) is 6.26 Å². The molecule has 0 aromatic carbocycles. The zero-order valence-electron chi connectivity index (χ0n) is 15.2. The summed E-state index contributed by atoms with van der Waals surface area (Å²) in [4.78, 5) is 7.27. The molecule has 2 N–H and O–H groups in total. The predicted octanol–water partition coefficient (Wildman–Crippen LogP) is 2.02. The lowest BCUT2D eigenvalue weighted by Crippen LogP contribution is -2.43. The highest BCUT2D eigenvalue weighted by Crippen LogP contribution is 2.11. The van der Waals surface area contributed by atoms with Crippen LogP contribution < -0.4 is 10.6 Å². The summed E-state index contributed by atoms with van der Waals surface area (Å²) in [7, 11) is 0. The number of piperidine rings is 1. The fourth-order valence-electron chi connectivity index (χ4n) is 3.43. The first kappa shape index (κ1) is 18.3. The van der Waals surface area contributed by atoms with Crippen LogP contribution >= 0.6 is 0 Å². The fraction of sp³-hybridized carbons (Fsp3) is 0.737. The first-order valence-electron chi connectivity index (χ1n) is 9.79. The molecule has 1 aromatic rings. The molecule has 25 heavy (non-hydrogen) atoms. The van der Waals surface area contributed by atoms with Gasteiger partial charge in [0.2, 0.25) is 0 Å². The summed E-state index contributed by atoms with van der Waals surface area (Å²) >= 11 is 0. The van der Waals surface area contributed by atoms with Crippen molar-refractivity contribution >= 4 is 5.96 Å². The number of ether oxygens (including phenoxy) is 1. The van der Waals surface area contributed by atoms with Gasteiger partial charge in [0.05, 0.1) is 18.9 Å². The molecule has 2 fully saturated rings. The Bertz CT molecular complexity index is 492. The molecule has 6 nitrogen and oxygen atoms in total. The van der Waals surface area contributed by atoms with E-state index in [1.165, 1.54) is 32.4 Å². The van der Waals surface area contributed by atoms with E-state index < -0.39 is 0 Å². The molecule has 0 radical (unpaired) electrons. The number of aliphatic imine (C=N–C) groups is 1. The second-order valence-electron chi connectivity index (χ2n) is 6.91. The Morgan fingerprint density at radius 1 is 1.16 bits per heavy atom. The van der Waals surface area contributed by atoms with Crippen LogP contribution in [0.3, 0.4) is 0 Å². The van der Waals surface area contributed by atoms with Crippen molar-refractivity contribution in [2.75, 3.05) is 45.9 Å². The molecule has 2 aliphatic heterocycles. The van der Waals surface area contributed by atoms with Crippen molar-refractivity contribution in [3.05, 3.63) is 24.2 Å². The van der Waals surface area contributed by atoms with Gasteiger partial charge in [-0.15, -0.1) is 0 Å². The highest BCUT2D eigenvalue weighted by Gasteiger charge is 2.15. The molecule has 0 bridgehead atoms. The molecule has 2 saturated heterocycles. The van der Waals surface area contributed by atoms with Gasteiger partial charge in [0.25, 0.3) is 0 Å². The SMILES string of the molecule is c1coc(CCNC(=NCC2CCCO2)NCCN2CCCCC2)c1. The zero-order valence-corrected chi connectivity index (χ0v) is 15.2. The van der Waals surface area contributed by atoms with Crippen LogP contribution in [0, 0.1) is 0 Å². The number of guanidine groups is 1. The topological polar surface area (TPSA) is 62.0 Å². The van der Waals surface area contributed by atoms with E-state index in [1.807, 2.05) is 12.1 Å². The van der Waals surface area contributed by atoms with Crippen molar-refractivity contribution in [1.29, 1.82) is 0 Å². The van der Waals surface area contributed by atoms with E-state index in [0.717, 1.165) is 63.8 Å². The normalized spacial score (nSPS) is 22.2. The summed E-state index contributed by atoms with van der Waals surface area (Å²) in [6.07, 6.45) is 9.19. The van der Waals surface area contributed by atoms with Crippen molar-refractivity contribution in [1.82, 2.24) is 15.5 Å². The minimum Gasteiger partial charge on any atom is -0.469 e. The Kier molecular flexibility index (Phi) is 7.64. The van der Waals surface area contributed by atoms with Crippen molar-refractivity contribution in [2.45, 2.75) is 44.6 Å². The van der Waals surface area contributed by atoms with Crippen molar-refractivity contribution in [3.63, 3.8) is 0 Å². The lowest BCUT2D eigenvalue weighted by atomic mass is 10.1. The summed E-state index contributed by atoms with van der Waals surface area (Å²) in [6.45, 7) is 6.90. The molecule has 3 rings (SSSR count). The molecule has 3 heterocycles. The summed E-state index contributed by atoms with van der Waals surface area (Å²) in [5.74, 6) is 1.89. The number of furan rings is 1. The van der Waals surface area contributed by atoms with Gasteiger partial charge >= 0.3 is 0 Å². The number of rotatable bonds is 8. The second kappa shape index (κ2) is 10.5. The number of likely N-dealkylation sites (tertiary alicyclic amines) is 1. The number of hydrogen-bond acceptors (Lipinski definition) is 4. The number of hydrogen-bond donors (Lipinski definition) is 2. The third-order valence-corrected chi connectivity index (χ3v) is 4.89. The zero-order chi connectivity index (χ0) is 17.2. The molecule has 0 saturated carbocycles. The largest absolute Gasteiger partial charge is 0.469 e. The molecule has 6 heteroatoms. The molecule has 0 spiro atoms. The van der Waals surface area contributed by atoms with Crippen LogP contribution in [-0.4, -0.2) is 62.8 Å². The van der Waals surface area contributed by atoms with Gasteiger partial charge in [-0.05, 0) is 50.9 Å². The summed E-state index contributed by atoms with van der Waals surface area (Å²) in [5, 5.41) is 6.91. The van der Waals surface area contributed by atoms with Crippen LogP contribution in [0.4, 0.5) is 0 Å². The maximum absolute atomic E-state index is 5.68. The summed E-state index contributed by atoms with van der Waals surface area (Å²) in [6, 6.07) is 3.94. The molecule has 1 aromatic heterocycles. The van der Waals surface area contributed by atoms with Crippen molar-refractivity contribution in [2.24, 2.45) is 4.99 Å². The molecule has 1 unspecified atom stereocenters. The van der Waals surface area contributed by atoms with Gasteiger partial charge in [-0.25, -0.2) is 0 Å². The van der Waals surface area contributed by atoms with E-state index in [9.17, 15) is 0 Å². The maximum atomic E-state index is 5.68. The Labute approximate surface area is 151 Å². The monoisotopic (exact) mass is 348 g/mol. The Balaban J connectivity index is 1.41. The average molecular weight is 348 g/mol. The van der Waals surface area contributed by atoms with Gasteiger partial charge in [-0.1, -0.05) is 6.42 Å². The van der Waals surface area contributed by atoms with Crippen LogP contribution in [0.2, 0.25) is 0 Å². The molecule has 0 aliphatic carbocycles. The Morgan fingerprint density at radius 3 is 2.80 bits per heavy atom. The van der Waals surface area contributed by atoms with Gasteiger partial charge in [-0.3, -0.25) is 4.99 Å². The van der Waals surface area contributed by atoms with Crippen LogP contribution in [0.15, 0.2) is 27.8 Å². The smallest absolute Gasteiger partial charge is 0.191 e. The standard InChI is InChI=1S/C19H32N4O2/c1-2-11-23(12-3-1)13-10-21-19(22-16-18-7-5-15-25-18)20-9-8-17-6-4-14-24-17/h4,6,14,18H,1-3,5,7-13,15-16H2,(H2,20,21,22). The minimum atomic E-state index is 0.283.